The summed E-state index contributed by atoms with van der Waals surface area (Å²) in [5.74, 6) is 0.291. The minimum absolute atomic E-state index is 0.291. The lowest BCUT2D eigenvalue weighted by atomic mass is 10.2. The molecule has 1 aromatic heterocycles. The molecule has 3 heterocycles. The Hall–Kier alpha value is -1.89. The third-order valence-corrected chi connectivity index (χ3v) is 6.40. The Kier molecular flexibility index (Phi) is 6.07. The van der Waals surface area contributed by atoms with E-state index in [0.717, 1.165) is 58.9 Å². The van der Waals surface area contributed by atoms with E-state index >= 15 is 0 Å². The van der Waals surface area contributed by atoms with Crippen LogP contribution in [0, 0.1) is 0 Å². The molecule has 0 spiro atoms. The predicted octanol–water partition coefficient (Wildman–Crippen LogP) is 2.21. The second-order valence-corrected chi connectivity index (χ2v) is 8.37. The zero-order valence-corrected chi connectivity index (χ0v) is 16.6. The Bertz CT molecular complexity index is 705. The molecule has 27 heavy (non-hydrogen) atoms. The van der Waals surface area contributed by atoms with Crippen molar-refractivity contribution in [2.75, 3.05) is 63.8 Å². The molecule has 2 aliphatic heterocycles. The van der Waals surface area contributed by atoms with Crippen LogP contribution in [0.25, 0.3) is 0 Å². The summed E-state index contributed by atoms with van der Waals surface area (Å²) in [6, 6.07) is 14.9. The third-order valence-electron chi connectivity index (χ3n) is 5.54. The van der Waals surface area contributed by atoms with Gasteiger partial charge in [-0.2, -0.15) is 0 Å². The Morgan fingerprint density at radius 2 is 1.52 bits per heavy atom. The molecule has 2 aliphatic rings. The van der Waals surface area contributed by atoms with Crippen LogP contribution in [0.4, 0.5) is 5.69 Å². The van der Waals surface area contributed by atoms with E-state index < -0.39 is 0 Å². The first-order chi connectivity index (χ1) is 13.3. The van der Waals surface area contributed by atoms with Gasteiger partial charge in [0.2, 0.25) is 5.91 Å². The first kappa shape index (κ1) is 18.5. The van der Waals surface area contributed by atoms with Crippen molar-refractivity contribution in [1.82, 2.24) is 14.7 Å². The lowest BCUT2D eigenvalue weighted by Gasteiger charge is -2.38. The fourth-order valence-corrected chi connectivity index (χ4v) is 4.62. The summed E-state index contributed by atoms with van der Waals surface area (Å²) in [6.45, 7) is 9.14. The molecule has 0 N–H and O–H groups in total. The Balaban J connectivity index is 1.19. The van der Waals surface area contributed by atoms with Crippen LogP contribution in [-0.2, 0) is 11.3 Å². The molecule has 2 fully saturated rings. The number of carbonyl (C=O) groups excluding carboxylic acids is 1. The van der Waals surface area contributed by atoms with Crippen molar-refractivity contribution < 1.29 is 4.79 Å². The SMILES string of the molecule is O=C(CN1CCN(c2ccccc2)CC1)N1CCN(Cc2cccs2)CC1. The molecule has 4 rings (SSSR count). The first-order valence-electron chi connectivity index (χ1n) is 9.83. The molecule has 0 aliphatic carbocycles. The molecule has 0 saturated carbocycles. The summed E-state index contributed by atoms with van der Waals surface area (Å²) in [5, 5.41) is 2.13. The number of para-hydroxylation sites is 1. The van der Waals surface area contributed by atoms with Crippen molar-refractivity contribution in [3.05, 3.63) is 52.7 Å². The third kappa shape index (κ3) is 4.89. The lowest BCUT2D eigenvalue weighted by molar-refractivity contribution is -0.134. The minimum Gasteiger partial charge on any atom is -0.369 e. The number of thiophene rings is 1. The van der Waals surface area contributed by atoms with Crippen LogP contribution in [0.15, 0.2) is 47.8 Å². The Morgan fingerprint density at radius 3 is 2.19 bits per heavy atom. The Morgan fingerprint density at radius 1 is 0.815 bits per heavy atom. The highest BCUT2D eigenvalue weighted by Gasteiger charge is 2.24. The molecule has 0 atom stereocenters. The highest BCUT2D eigenvalue weighted by atomic mass is 32.1. The molecule has 1 aromatic carbocycles. The van der Waals surface area contributed by atoms with Gasteiger partial charge < -0.3 is 9.80 Å². The van der Waals surface area contributed by atoms with E-state index in [1.165, 1.54) is 10.6 Å². The molecule has 5 nitrogen and oxygen atoms in total. The number of nitrogens with zero attached hydrogens (tertiary/aromatic N) is 4. The summed E-state index contributed by atoms with van der Waals surface area (Å²) in [4.78, 5) is 23.3. The van der Waals surface area contributed by atoms with E-state index in [9.17, 15) is 4.79 Å². The van der Waals surface area contributed by atoms with Crippen molar-refractivity contribution in [2.24, 2.45) is 0 Å². The number of hydrogen-bond acceptors (Lipinski definition) is 5. The van der Waals surface area contributed by atoms with Crippen molar-refractivity contribution in [1.29, 1.82) is 0 Å². The smallest absolute Gasteiger partial charge is 0.236 e. The molecule has 6 heteroatoms. The summed E-state index contributed by atoms with van der Waals surface area (Å²) >= 11 is 1.81. The predicted molar refractivity (Wildman–Crippen MR) is 111 cm³/mol. The van der Waals surface area contributed by atoms with Crippen LogP contribution in [0.1, 0.15) is 4.88 Å². The first-order valence-corrected chi connectivity index (χ1v) is 10.7. The van der Waals surface area contributed by atoms with Gasteiger partial charge in [-0.25, -0.2) is 0 Å². The van der Waals surface area contributed by atoms with Gasteiger partial charge in [0, 0.05) is 69.5 Å². The van der Waals surface area contributed by atoms with Crippen LogP contribution in [0.2, 0.25) is 0 Å². The van der Waals surface area contributed by atoms with Crippen molar-refractivity contribution in [3.8, 4) is 0 Å². The van der Waals surface area contributed by atoms with Crippen LogP contribution in [0.5, 0.6) is 0 Å². The van der Waals surface area contributed by atoms with Gasteiger partial charge in [-0.05, 0) is 23.6 Å². The van der Waals surface area contributed by atoms with Crippen molar-refractivity contribution >= 4 is 22.9 Å². The summed E-state index contributed by atoms with van der Waals surface area (Å²) < 4.78 is 0. The van der Waals surface area contributed by atoms with E-state index in [2.05, 4.69) is 67.4 Å². The monoisotopic (exact) mass is 384 g/mol. The van der Waals surface area contributed by atoms with E-state index in [4.69, 9.17) is 0 Å². The van der Waals surface area contributed by atoms with Gasteiger partial charge in [-0.1, -0.05) is 24.3 Å². The molecule has 0 radical (unpaired) electrons. The number of carbonyl (C=O) groups is 1. The second kappa shape index (κ2) is 8.87. The maximum absolute atomic E-state index is 12.7. The zero-order chi connectivity index (χ0) is 18.5. The topological polar surface area (TPSA) is 30.0 Å². The fraction of sp³-hybridized carbons (Fsp3) is 0.476. The van der Waals surface area contributed by atoms with E-state index in [-0.39, 0.29) is 0 Å². The number of piperazine rings is 2. The minimum atomic E-state index is 0.291. The van der Waals surface area contributed by atoms with Crippen molar-refractivity contribution in [3.63, 3.8) is 0 Å². The molecule has 144 valence electrons. The van der Waals surface area contributed by atoms with Crippen LogP contribution >= 0.6 is 11.3 Å². The molecule has 0 unspecified atom stereocenters. The maximum atomic E-state index is 12.7. The molecule has 2 aromatic rings. The van der Waals surface area contributed by atoms with Gasteiger partial charge in [0.15, 0.2) is 0 Å². The summed E-state index contributed by atoms with van der Waals surface area (Å²) in [7, 11) is 0. The molecule has 2 saturated heterocycles. The normalized spacial score (nSPS) is 19.4. The fourth-order valence-electron chi connectivity index (χ4n) is 3.87. The summed E-state index contributed by atoms with van der Waals surface area (Å²) in [5.41, 5.74) is 1.28. The van der Waals surface area contributed by atoms with Crippen molar-refractivity contribution in [2.45, 2.75) is 6.54 Å². The second-order valence-electron chi connectivity index (χ2n) is 7.34. The van der Waals surface area contributed by atoms with E-state index in [1.54, 1.807) is 0 Å². The lowest BCUT2D eigenvalue weighted by Crippen LogP contribution is -2.53. The van der Waals surface area contributed by atoms with E-state index in [1.807, 2.05) is 11.3 Å². The standard InChI is InChI=1S/C21H28N4OS/c26-21(25-14-10-22(11-15-25)17-20-7-4-16-27-20)18-23-8-12-24(13-9-23)19-5-2-1-3-6-19/h1-7,16H,8-15,17-18H2. The average Bonchev–Trinajstić information content (AvgIpc) is 3.23. The van der Waals surface area contributed by atoms with Crippen LogP contribution < -0.4 is 4.90 Å². The van der Waals surface area contributed by atoms with Gasteiger partial charge in [0.1, 0.15) is 0 Å². The number of amides is 1. The summed E-state index contributed by atoms with van der Waals surface area (Å²) in [6.07, 6.45) is 0. The van der Waals surface area contributed by atoms with Gasteiger partial charge in [0.05, 0.1) is 6.54 Å². The van der Waals surface area contributed by atoms with Gasteiger partial charge >= 0.3 is 0 Å². The highest BCUT2D eigenvalue weighted by molar-refractivity contribution is 7.09. The largest absolute Gasteiger partial charge is 0.369 e. The van der Waals surface area contributed by atoms with Gasteiger partial charge in [0.25, 0.3) is 0 Å². The number of anilines is 1. The van der Waals surface area contributed by atoms with Crippen LogP contribution in [-0.4, -0.2) is 79.5 Å². The van der Waals surface area contributed by atoms with Crippen LogP contribution in [0.3, 0.4) is 0 Å². The van der Waals surface area contributed by atoms with Gasteiger partial charge in [-0.15, -0.1) is 11.3 Å². The maximum Gasteiger partial charge on any atom is 0.236 e. The number of rotatable bonds is 5. The average molecular weight is 385 g/mol. The molecule has 1 amide bonds. The number of benzene rings is 1. The molecular formula is C21H28N4OS. The molecule has 0 bridgehead atoms. The molecular weight excluding hydrogens is 356 g/mol. The highest BCUT2D eigenvalue weighted by Crippen LogP contribution is 2.16. The quantitative estimate of drug-likeness (QED) is 0.791. The Labute approximate surface area is 165 Å². The number of hydrogen-bond donors (Lipinski definition) is 0. The van der Waals surface area contributed by atoms with E-state index in [0.29, 0.717) is 12.5 Å². The zero-order valence-electron chi connectivity index (χ0n) is 15.8. The van der Waals surface area contributed by atoms with Gasteiger partial charge in [-0.3, -0.25) is 14.6 Å².